The average Bonchev–Trinajstić information content (AvgIpc) is 2.80. The van der Waals surface area contributed by atoms with Crippen molar-refractivity contribution in [3.05, 3.63) is 77.6 Å². The van der Waals surface area contributed by atoms with E-state index in [9.17, 15) is 44.6 Å². The van der Waals surface area contributed by atoms with Crippen molar-refractivity contribution in [2.75, 3.05) is 18.1 Å². The highest BCUT2D eigenvalue weighted by atomic mass is 19.4. The fourth-order valence-corrected chi connectivity index (χ4v) is 3.97. The van der Waals surface area contributed by atoms with Crippen molar-refractivity contribution >= 4 is 5.69 Å². The molecule has 0 unspecified atom stereocenters. The number of hydrogen-bond acceptors (Lipinski definition) is 4. The number of nitrogens with zero attached hydrogens (tertiary/aromatic N) is 1. The minimum Gasteiger partial charge on any atom is -0.488 e. The molecule has 13 heteroatoms. The number of fused-ring (bicyclic) bond motifs is 1. The van der Waals surface area contributed by atoms with E-state index >= 15 is 0 Å². The normalized spacial score (nSPS) is 16.7. The third kappa shape index (κ3) is 5.71. The largest absolute Gasteiger partial charge is 0.573 e. The summed E-state index contributed by atoms with van der Waals surface area (Å²) in [6.45, 7) is -1.47. The zero-order valence-corrected chi connectivity index (χ0v) is 18.4. The van der Waals surface area contributed by atoms with Crippen LogP contribution >= 0.6 is 0 Å². The Balaban J connectivity index is 1.81. The molecule has 3 aromatic rings. The van der Waals surface area contributed by atoms with Crippen LogP contribution in [0.3, 0.4) is 0 Å². The van der Waals surface area contributed by atoms with E-state index in [1.165, 1.54) is 30.3 Å². The number of β-amino-alcohol motifs (C(OH)–C–C–N with tert-alkyl or cyclic N) is 1. The van der Waals surface area contributed by atoms with Gasteiger partial charge in [0, 0.05) is 5.56 Å². The average molecular weight is 537 g/mol. The van der Waals surface area contributed by atoms with Gasteiger partial charge in [-0.05, 0) is 41.5 Å². The van der Waals surface area contributed by atoms with Gasteiger partial charge in [-0.25, -0.2) is 13.2 Å². The smallest absolute Gasteiger partial charge is 0.488 e. The lowest BCUT2D eigenvalue weighted by atomic mass is 9.98. The lowest BCUT2D eigenvalue weighted by molar-refractivity contribution is -0.274. The van der Waals surface area contributed by atoms with E-state index in [-0.39, 0.29) is 28.1 Å². The predicted molar refractivity (Wildman–Crippen MR) is 113 cm³/mol. The van der Waals surface area contributed by atoms with Crippen molar-refractivity contribution in [2.24, 2.45) is 0 Å². The molecule has 198 valence electrons. The standard InChI is InChI=1S/C24H16F9NO3/c25-16-8-13(9-17(26)21(16)27)15-5-2-6-18-22(15)36-11-19(34(18)10-20(35)23(28,29)30)12-3-1-4-14(7-12)37-24(31,32)33/h1-9,19-20,35H,10-11H2/t19-,20+/m1/s1. The summed E-state index contributed by atoms with van der Waals surface area (Å²) in [6, 6.07) is 8.70. The fraction of sp³-hybridized carbons (Fsp3) is 0.250. The van der Waals surface area contributed by atoms with Crippen molar-refractivity contribution in [3.63, 3.8) is 0 Å². The maximum Gasteiger partial charge on any atom is 0.573 e. The van der Waals surface area contributed by atoms with Crippen molar-refractivity contribution < 1.29 is 54.1 Å². The second-order valence-electron chi connectivity index (χ2n) is 8.06. The summed E-state index contributed by atoms with van der Waals surface area (Å²) in [4.78, 5) is 1.06. The molecule has 4 rings (SSSR count). The first-order chi connectivity index (χ1) is 17.2. The fourth-order valence-electron chi connectivity index (χ4n) is 3.97. The summed E-state index contributed by atoms with van der Waals surface area (Å²) in [6.07, 6.45) is -12.9. The van der Waals surface area contributed by atoms with Crippen LogP contribution < -0.4 is 14.4 Å². The first kappa shape index (κ1) is 26.5. The van der Waals surface area contributed by atoms with Gasteiger partial charge in [0.25, 0.3) is 0 Å². The Hall–Kier alpha value is -3.61. The molecule has 0 aromatic heterocycles. The number of aliphatic hydroxyl groups excluding tert-OH is 1. The molecule has 1 aliphatic rings. The van der Waals surface area contributed by atoms with Gasteiger partial charge in [-0.2, -0.15) is 13.2 Å². The molecule has 0 spiro atoms. The van der Waals surface area contributed by atoms with Crippen LogP contribution in [0.25, 0.3) is 11.1 Å². The molecular formula is C24H16F9NO3. The van der Waals surface area contributed by atoms with Gasteiger partial charge in [-0.15, -0.1) is 13.2 Å². The van der Waals surface area contributed by atoms with Crippen LogP contribution in [0.4, 0.5) is 45.2 Å². The number of anilines is 1. The van der Waals surface area contributed by atoms with Crippen LogP contribution in [-0.2, 0) is 0 Å². The summed E-state index contributed by atoms with van der Waals surface area (Å²) in [5.41, 5.74) is -0.145. The van der Waals surface area contributed by atoms with Crippen LogP contribution in [0.5, 0.6) is 11.5 Å². The van der Waals surface area contributed by atoms with Gasteiger partial charge in [-0.1, -0.05) is 24.3 Å². The van der Waals surface area contributed by atoms with Gasteiger partial charge in [-0.3, -0.25) is 0 Å². The van der Waals surface area contributed by atoms with Crippen LogP contribution in [0.2, 0.25) is 0 Å². The highest BCUT2D eigenvalue weighted by Crippen LogP contribution is 2.46. The number of aliphatic hydroxyl groups is 1. The summed E-state index contributed by atoms with van der Waals surface area (Å²) in [5, 5.41) is 9.80. The first-order valence-electron chi connectivity index (χ1n) is 10.5. The second kappa shape index (κ2) is 9.69. The third-order valence-corrected chi connectivity index (χ3v) is 5.58. The molecule has 0 fully saturated rings. The molecular weight excluding hydrogens is 521 g/mol. The molecule has 0 aliphatic carbocycles. The summed E-state index contributed by atoms with van der Waals surface area (Å²) < 4.78 is 129. The van der Waals surface area contributed by atoms with Gasteiger partial charge >= 0.3 is 12.5 Å². The summed E-state index contributed by atoms with van der Waals surface area (Å²) in [5.74, 6) is -5.48. The minimum absolute atomic E-state index is 0.00871. The van der Waals surface area contributed by atoms with Crippen LogP contribution in [-0.4, -0.2) is 36.9 Å². The van der Waals surface area contributed by atoms with Crippen molar-refractivity contribution in [1.29, 1.82) is 0 Å². The van der Waals surface area contributed by atoms with E-state index in [0.29, 0.717) is 12.1 Å². The van der Waals surface area contributed by atoms with E-state index in [4.69, 9.17) is 4.74 Å². The SMILES string of the molecule is O[C@@H](CN1c2cccc(-c3cc(F)c(F)c(F)c3)c2OC[C@@H]1c1cccc(OC(F)(F)F)c1)C(F)(F)F. The molecule has 1 N–H and O–H groups in total. The summed E-state index contributed by atoms with van der Waals surface area (Å²) in [7, 11) is 0. The quantitative estimate of drug-likeness (QED) is 0.297. The van der Waals surface area contributed by atoms with Gasteiger partial charge < -0.3 is 19.5 Å². The Morgan fingerprint density at radius 1 is 0.946 bits per heavy atom. The van der Waals surface area contributed by atoms with Gasteiger partial charge in [0.2, 0.25) is 0 Å². The van der Waals surface area contributed by atoms with Crippen molar-refractivity contribution in [2.45, 2.75) is 24.7 Å². The molecule has 37 heavy (non-hydrogen) atoms. The van der Waals surface area contributed by atoms with Gasteiger partial charge in [0.1, 0.15) is 12.4 Å². The maximum absolute atomic E-state index is 13.9. The lowest BCUT2D eigenvalue weighted by Gasteiger charge is -2.40. The topological polar surface area (TPSA) is 41.9 Å². The Bertz CT molecular complexity index is 1270. The Kier molecular flexibility index (Phi) is 6.93. The highest BCUT2D eigenvalue weighted by molar-refractivity contribution is 5.80. The lowest BCUT2D eigenvalue weighted by Crippen LogP contribution is -2.46. The second-order valence-corrected chi connectivity index (χ2v) is 8.06. The van der Waals surface area contributed by atoms with E-state index in [1.54, 1.807) is 0 Å². The number of alkyl halides is 6. The highest BCUT2D eigenvalue weighted by Gasteiger charge is 2.42. The third-order valence-electron chi connectivity index (χ3n) is 5.58. The first-order valence-corrected chi connectivity index (χ1v) is 10.5. The van der Waals surface area contributed by atoms with Gasteiger partial charge in [0.15, 0.2) is 29.3 Å². The van der Waals surface area contributed by atoms with Crippen molar-refractivity contribution in [3.8, 4) is 22.6 Å². The number of hydrogen-bond donors (Lipinski definition) is 1. The van der Waals surface area contributed by atoms with Crippen LogP contribution in [0.1, 0.15) is 11.6 Å². The maximum atomic E-state index is 13.9. The predicted octanol–water partition coefficient (Wildman–Crippen LogP) is 6.53. The molecule has 1 aliphatic heterocycles. The number of benzene rings is 3. The molecule has 0 radical (unpaired) electrons. The van der Waals surface area contributed by atoms with E-state index in [2.05, 4.69) is 4.74 Å². The number of para-hydroxylation sites is 1. The molecule has 0 amide bonds. The molecule has 0 saturated heterocycles. The zero-order chi connectivity index (χ0) is 27.1. The number of halogens is 9. The molecule has 3 aromatic carbocycles. The van der Waals surface area contributed by atoms with E-state index < -0.39 is 61.0 Å². The molecule has 0 saturated carbocycles. The Labute approximate surface area is 203 Å². The number of ether oxygens (including phenoxy) is 2. The van der Waals surface area contributed by atoms with Crippen LogP contribution in [0, 0.1) is 17.5 Å². The Morgan fingerprint density at radius 2 is 1.59 bits per heavy atom. The number of rotatable bonds is 5. The molecule has 0 bridgehead atoms. The van der Waals surface area contributed by atoms with Crippen LogP contribution in [0.15, 0.2) is 54.6 Å². The minimum atomic E-state index is -5.04. The molecule has 1 heterocycles. The molecule has 4 nitrogen and oxygen atoms in total. The van der Waals surface area contributed by atoms with Crippen molar-refractivity contribution in [1.82, 2.24) is 0 Å². The zero-order valence-electron chi connectivity index (χ0n) is 18.4. The Morgan fingerprint density at radius 3 is 2.22 bits per heavy atom. The summed E-state index contributed by atoms with van der Waals surface area (Å²) >= 11 is 0. The molecule has 2 atom stereocenters. The monoisotopic (exact) mass is 537 g/mol. The van der Waals surface area contributed by atoms with E-state index in [1.807, 2.05) is 0 Å². The van der Waals surface area contributed by atoms with E-state index in [0.717, 1.165) is 17.0 Å². The van der Waals surface area contributed by atoms with Gasteiger partial charge in [0.05, 0.1) is 18.3 Å².